The number of benzene rings is 1. The molecule has 0 aliphatic carbocycles. The van der Waals surface area contributed by atoms with Crippen LogP contribution in [0.15, 0.2) is 18.2 Å². The Labute approximate surface area is 114 Å². The van der Waals surface area contributed by atoms with Crippen LogP contribution in [0, 0.1) is 13.8 Å². The van der Waals surface area contributed by atoms with Gasteiger partial charge in [0.1, 0.15) is 9.84 Å². The van der Waals surface area contributed by atoms with E-state index in [1.807, 2.05) is 19.1 Å². The highest BCUT2D eigenvalue weighted by Crippen LogP contribution is 2.26. The van der Waals surface area contributed by atoms with E-state index in [0.717, 1.165) is 22.2 Å². The van der Waals surface area contributed by atoms with Gasteiger partial charge in [-0.25, -0.2) is 8.42 Å². The normalized spacial score (nSPS) is 12.2. The standard InChI is InChI=1S/C14H20N2O2S/c1-10-11(2)16(6-7-19(3,17)18)14-5-4-12(9-15)8-13(10)14/h4-5,8H,6-7,9,15H2,1-3H3. The summed E-state index contributed by atoms with van der Waals surface area (Å²) in [6.07, 6.45) is 1.27. The summed E-state index contributed by atoms with van der Waals surface area (Å²) >= 11 is 0. The van der Waals surface area contributed by atoms with Crippen LogP contribution in [0.2, 0.25) is 0 Å². The van der Waals surface area contributed by atoms with Crippen LogP contribution in [0.25, 0.3) is 10.9 Å². The Kier molecular flexibility index (Phi) is 3.69. The summed E-state index contributed by atoms with van der Waals surface area (Å²) in [5, 5.41) is 1.16. The van der Waals surface area contributed by atoms with Gasteiger partial charge < -0.3 is 10.3 Å². The molecule has 0 spiro atoms. The summed E-state index contributed by atoms with van der Waals surface area (Å²) in [4.78, 5) is 0. The van der Waals surface area contributed by atoms with Crippen LogP contribution in [-0.2, 0) is 22.9 Å². The Morgan fingerprint density at radius 3 is 2.53 bits per heavy atom. The van der Waals surface area contributed by atoms with Crippen molar-refractivity contribution in [3.05, 3.63) is 35.0 Å². The maximum Gasteiger partial charge on any atom is 0.149 e. The lowest BCUT2D eigenvalue weighted by atomic mass is 10.1. The van der Waals surface area contributed by atoms with Gasteiger partial charge in [0.15, 0.2) is 0 Å². The van der Waals surface area contributed by atoms with Gasteiger partial charge in [-0.2, -0.15) is 0 Å². The molecule has 0 unspecified atom stereocenters. The summed E-state index contributed by atoms with van der Waals surface area (Å²) in [7, 11) is -2.95. The zero-order valence-corrected chi connectivity index (χ0v) is 12.4. The van der Waals surface area contributed by atoms with Gasteiger partial charge in [0.25, 0.3) is 0 Å². The maximum atomic E-state index is 11.3. The predicted octanol–water partition coefficient (Wildman–Crippen LogP) is 1.76. The molecule has 0 bridgehead atoms. The molecule has 1 heterocycles. The first-order valence-corrected chi connectivity index (χ1v) is 8.35. The van der Waals surface area contributed by atoms with Gasteiger partial charge in [-0.1, -0.05) is 6.07 Å². The third-order valence-corrected chi connectivity index (χ3v) is 4.55. The summed E-state index contributed by atoms with van der Waals surface area (Å²) in [6.45, 7) is 5.11. The molecule has 4 nitrogen and oxygen atoms in total. The van der Waals surface area contributed by atoms with Crippen LogP contribution in [0.4, 0.5) is 0 Å². The second-order valence-corrected chi connectivity index (χ2v) is 7.31. The second-order valence-electron chi connectivity index (χ2n) is 5.05. The molecule has 19 heavy (non-hydrogen) atoms. The molecule has 104 valence electrons. The van der Waals surface area contributed by atoms with Crippen molar-refractivity contribution in [3.8, 4) is 0 Å². The first-order valence-electron chi connectivity index (χ1n) is 6.29. The zero-order valence-electron chi connectivity index (χ0n) is 11.6. The molecule has 0 saturated carbocycles. The van der Waals surface area contributed by atoms with E-state index >= 15 is 0 Å². The molecule has 2 N–H and O–H groups in total. The SMILES string of the molecule is Cc1c(C)n(CCS(C)(=O)=O)c2ccc(CN)cc12. The Balaban J connectivity index is 2.52. The van der Waals surface area contributed by atoms with Crippen LogP contribution < -0.4 is 5.73 Å². The van der Waals surface area contributed by atoms with Gasteiger partial charge in [-0.15, -0.1) is 0 Å². The molecular weight excluding hydrogens is 260 g/mol. The number of fused-ring (bicyclic) bond motifs is 1. The van der Waals surface area contributed by atoms with Crippen LogP contribution in [0.1, 0.15) is 16.8 Å². The Morgan fingerprint density at radius 1 is 1.26 bits per heavy atom. The Bertz CT molecular complexity index is 715. The van der Waals surface area contributed by atoms with Crippen molar-refractivity contribution < 1.29 is 8.42 Å². The molecule has 2 aromatic rings. The number of hydrogen-bond acceptors (Lipinski definition) is 3. The fourth-order valence-corrected chi connectivity index (χ4v) is 2.88. The van der Waals surface area contributed by atoms with Crippen molar-refractivity contribution in [1.29, 1.82) is 0 Å². The molecule has 0 atom stereocenters. The average Bonchev–Trinajstić information content (AvgIpc) is 2.58. The van der Waals surface area contributed by atoms with Gasteiger partial charge in [-0.3, -0.25) is 0 Å². The maximum absolute atomic E-state index is 11.3. The molecule has 0 aliphatic rings. The minimum absolute atomic E-state index is 0.162. The summed E-state index contributed by atoms with van der Waals surface area (Å²) in [5.41, 5.74) is 10.1. The van der Waals surface area contributed by atoms with Crippen molar-refractivity contribution in [2.45, 2.75) is 26.9 Å². The molecule has 0 amide bonds. The first-order chi connectivity index (χ1) is 8.83. The third kappa shape index (κ3) is 2.82. The van der Waals surface area contributed by atoms with Crippen LogP contribution in [0.3, 0.4) is 0 Å². The van der Waals surface area contributed by atoms with Crippen molar-refractivity contribution in [3.63, 3.8) is 0 Å². The zero-order chi connectivity index (χ0) is 14.2. The van der Waals surface area contributed by atoms with Crippen LogP contribution in [-0.4, -0.2) is 25.0 Å². The smallest absolute Gasteiger partial charge is 0.149 e. The van der Waals surface area contributed by atoms with E-state index in [4.69, 9.17) is 5.73 Å². The molecular formula is C14H20N2O2S. The number of rotatable bonds is 4. The van der Waals surface area contributed by atoms with Crippen molar-refractivity contribution in [1.82, 2.24) is 4.57 Å². The van der Waals surface area contributed by atoms with E-state index < -0.39 is 9.84 Å². The summed E-state index contributed by atoms with van der Waals surface area (Å²) in [6, 6.07) is 6.12. The van der Waals surface area contributed by atoms with Gasteiger partial charge in [0.2, 0.25) is 0 Å². The quantitative estimate of drug-likeness (QED) is 0.928. The number of nitrogens with zero attached hydrogens (tertiary/aromatic N) is 1. The van der Waals surface area contributed by atoms with Crippen LogP contribution >= 0.6 is 0 Å². The van der Waals surface area contributed by atoms with E-state index in [-0.39, 0.29) is 5.75 Å². The highest BCUT2D eigenvalue weighted by atomic mass is 32.2. The number of aryl methyl sites for hydroxylation is 2. The van der Waals surface area contributed by atoms with Gasteiger partial charge in [0.05, 0.1) is 5.75 Å². The van der Waals surface area contributed by atoms with Gasteiger partial charge in [0, 0.05) is 35.9 Å². The number of nitrogens with two attached hydrogens (primary N) is 1. The lowest BCUT2D eigenvalue weighted by Gasteiger charge is -2.07. The van der Waals surface area contributed by atoms with E-state index in [1.54, 1.807) is 0 Å². The predicted molar refractivity (Wildman–Crippen MR) is 79.0 cm³/mol. The van der Waals surface area contributed by atoms with E-state index in [9.17, 15) is 8.42 Å². The number of sulfone groups is 1. The molecule has 1 aromatic heterocycles. The second kappa shape index (κ2) is 4.98. The largest absolute Gasteiger partial charge is 0.344 e. The number of aromatic nitrogens is 1. The number of hydrogen-bond donors (Lipinski definition) is 1. The summed E-state index contributed by atoms with van der Waals surface area (Å²) < 4.78 is 24.7. The van der Waals surface area contributed by atoms with E-state index in [1.165, 1.54) is 11.8 Å². The Morgan fingerprint density at radius 2 is 1.95 bits per heavy atom. The summed E-state index contributed by atoms with van der Waals surface area (Å²) in [5.74, 6) is 0.162. The molecule has 0 saturated heterocycles. The Hall–Kier alpha value is -1.33. The average molecular weight is 280 g/mol. The van der Waals surface area contributed by atoms with Gasteiger partial charge >= 0.3 is 0 Å². The van der Waals surface area contributed by atoms with E-state index in [0.29, 0.717) is 13.1 Å². The highest BCUT2D eigenvalue weighted by molar-refractivity contribution is 7.90. The van der Waals surface area contributed by atoms with Crippen molar-refractivity contribution in [2.75, 3.05) is 12.0 Å². The topological polar surface area (TPSA) is 65.1 Å². The molecule has 1 aromatic carbocycles. The fraction of sp³-hybridized carbons (Fsp3) is 0.429. The molecule has 2 rings (SSSR count). The van der Waals surface area contributed by atoms with Crippen molar-refractivity contribution in [2.24, 2.45) is 5.73 Å². The molecule has 0 aliphatic heterocycles. The van der Waals surface area contributed by atoms with Gasteiger partial charge in [-0.05, 0) is 37.1 Å². The molecule has 5 heteroatoms. The molecule has 0 fully saturated rings. The minimum atomic E-state index is -2.95. The lowest BCUT2D eigenvalue weighted by molar-refractivity contribution is 0.595. The van der Waals surface area contributed by atoms with E-state index in [2.05, 4.69) is 17.6 Å². The monoisotopic (exact) mass is 280 g/mol. The van der Waals surface area contributed by atoms with Crippen molar-refractivity contribution >= 4 is 20.7 Å². The minimum Gasteiger partial charge on any atom is -0.344 e. The van der Waals surface area contributed by atoms with Crippen LogP contribution in [0.5, 0.6) is 0 Å². The highest BCUT2D eigenvalue weighted by Gasteiger charge is 2.12. The third-order valence-electron chi connectivity index (χ3n) is 3.62. The fourth-order valence-electron chi connectivity index (χ4n) is 2.37. The lowest BCUT2D eigenvalue weighted by Crippen LogP contribution is -2.12. The molecule has 0 radical (unpaired) electrons. The first kappa shape index (κ1) is 14.1.